The highest BCUT2D eigenvalue weighted by atomic mass is 32.1. The Morgan fingerprint density at radius 3 is 2.27 bits per heavy atom. The Bertz CT molecular complexity index is 138. The van der Waals surface area contributed by atoms with Crippen LogP contribution in [-0.4, -0.2) is 17.3 Å². The SMILES string of the molecule is C[C@@H](CS)C(=O)OC(C)(C)C. The molecule has 1 atom stereocenters. The first-order valence-corrected chi connectivity index (χ1v) is 4.34. The molecule has 0 rings (SSSR count). The molecule has 0 amide bonds. The minimum atomic E-state index is -0.381. The molecule has 0 aromatic carbocycles. The van der Waals surface area contributed by atoms with Crippen LogP contribution in [0.1, 0.15) is 27.7 Å². The molecule has 0 aromatic rings. The van der Waals surface area contributed by atoms with Crippen molar-refractivity contribution < 1.29 is 9.53 Å². The molecule has 11 heavy (non-hydrogen) atoms. The number of carbonyl (C=O) groups excluding carboxylic acids is 1. The van der Waals surface area contributed by atoms with Gasteiger partial charge in [-0.2, -0.15) is 12.6 Å². The summed E-state index contributed by atoms with van der Waals surface area (Å²) in [5.41, 5.74) is -0.381. The van der Waals surface area contributed by atoms with Crippen LogP contribution in [0.3, 0.4) is 0 Å². The lowest BCUT2D eigenvalue weighted by atomic mass is 10.1. The molecule has 0 aromatic heterocycles. The lowest BCUT2D eigenvalue weighted by Gasteiger charge is -2.21. The Morgan fingerprint density at radius 1 is 1.55 bits per heavy atom. The third-order valence-corrected chi connectivity index (χ3v) is 1.63. The monoisotopic (exact) mass is 176 g/mol. The van der Waals surface area contributed by atoms with Gasteiger partial charge in [-0.15, -0.1) is 0 Å². The summed E-state index contributed by atoms with van der Waals surface area (Å²) in [7, 11) is 0. The fourth-order valence-corrected chi connectivity index (χ4v) is 0.626. The summed E-state index contributed by atoms with van der Waals surface area (Å²) in [6.45, 7) is 7.38. The van der Waals surface area contributed by atoms with E-state index in [-0.39, 0.29) is 17.5 Å². The van der Waals surface area contributed by atoms with Crippen molar-refractivity contribution in [3.05, 3.63) is 0 Å². The molecule has 0 aliphatic carbocycles. The van der Waals surface area contributed by atoms with Crippen LogP contribution in [-0.2, 0) is 9.53 Å². The Labute approximate surface area is 73.7 Å². The van der Waals surface area contributed by atoms with Gasteiger partial charge < -0.3 is 4.74 Å². The highest BCUT2D eigenvalue weighted by molar-refractivity contribution is 7.80. The molecule has 3 heteroatoms. The van der Waals surface area contributed by atoms with Gasteiger partial charge >= 0.3 is 5.97 Å². The van der Waals surface area contributed by atoms with Crippen LogP contribution in [0.15, 0.2) is 0 Å². The van der Waals surface area contributed by atoms with Gasteiger partial charge in [0, 0.05) is 5.75 Å². The molecule has 0 bridgehead atoms. The van der Waals surface area contributed by atoms with Gasteiger partial charge in [-0.3, -0.25) is 4.79 Å². The van der Waals surface area contributed by atoms with Gasteiger partial charge in [-0.05, 0) is 20.8 Å². The van der Waals surface area contributed by atoms with Gasteiger partial charge in [-0.25, -0.2) is 0 Å². The number of hydrogen-bond donors (Lipinski definition) is 1. The summed E-state index contributed by atoms with van der Waals surface area (Å²) in [5, 5.41) is 0. The predicted octanol–water partition coefficient (Wildman–Crippen LogP) is 1.89. The maximum absolute atomic E-state index is 11.1. The van der Waals surface area contributed by atoms with Crippen molar-refractivity contribution >= 4 is 18.6 Å². The second-order valence-electron chi connectivity index (χ2n) is 3.62. The summed E-state index contributed by atoms with van der Waals surface area (Å²) >= 11 is 4.00. The van der Waals surface area contributed by atoms with Crippen molar-refractivity contribution in [2.24, 2.45) is 5.92 Å². The minimum absolute atomic E-state index is 0.113. The lowest BCUT2D eigenvalue weighted by Crippen LogP contribution is -2.28. The van der Waals surface area contributed by atoms with E-state index in [0.29, 0.717) is 5.75 Å². The average Bonchev–Trinajstić information content (AvgIpc) is 1.82. The molecule has 0 spiro atoms. The number of thiol groups is 1. The van der Waals surface area contributed by atoms with Crippen LogP contribution < -0.4 is 0 Å². The van der Waals surface area contributed by atoms with E-state index in [2.05, 4.69) is 12.6 Å². The first-order chi connectivity index (χ1) is 4.87. The summed E-state index contributed by atoms with van der Waals surface area (Å²) < 4.78 is 5.10. The smallest absolute Gasteiger partial charge is 0.309 e. The second kappa shape index (κ2) is 4.00. The van der Waals surface area contributed by atoms with E-state index in [1.165, 1.54) is 0 Å². The Balaban J connectivity index is 3.88. The van der Waals surface area contributed by atoms with Crippen molar-refractivity contribution in [1.29, 1.82) is 0 Å². The standard InChI is InChI=1S/C8H16O2S/c1-6(5-11)7(9)10-8(2,3)4/h6,11H,5H2,1-4H3/t6-/m0/s1. The fourth-order valence-electron chi connectivity index (χ4n) is 0.477. The predicted molar refractivity (Wildman–Crippen MR) is 48.9 cm³/mol. The van der Waals surface area contributed by atoms with Crippen LogP contribution in [0.2, 0.25) is 0 Å². The van der Waals surface area contributed by atoms with E-state index in [4.69, 9.17) is 4.74 Å². The molecule has 0 aliphatic rings. The van der Waals surface area contributed by atoms with Crippen molar-refractivity contribution in [3.63, 3.8) is 0 Å². The zero-order valence-corrected chi connectivity index (χ0v) is 8.44. The molecule has 0 radical (unpaired) electrons. The minimum Gasteiger partial charge on any atom is -0.460 e. The molecule has 0 fully saturated rings. The van der Waals surface area contributed by atoms with Crippen molar-refractivity contribution in [2.45, 2.75) is 33.3 Å². The summed E-state index contributed by atoms with van der Waals surface area (Å²) in [6.07, 6.45) is 0. The zero-order valence-electron chi connectivity index (χ0n) is 7.55. The highest BCUT2D eigenvalue weighted by Gasteiger charge is 2.20. The van der Waals surface area contributed by atoms with Crippen molar-refractivity contribution in [1.82, 2.24) is 0 Å². The number of esters is 1. The molecular formula is C8H16O2S. The fraction of sp³-hybridized carbons (Fsp3) is 0.875. The van der Waals surface area contributed by atoms with Crippen molar-refractivity contribution in [2.75, 3.05) is 5.75 Å². The third-order valence-electron chi connectivity index (χ3n) is 1.08. The van der Waals surface area contributed by atoms with Gasteiger partial charge in [0.2, 0.25) is 0 Å². The van der Waals surface area contributed by atoms with Gasteiger partial charge in [0.25, 0.3) is 0 Å². The zero-order chi connectivity index (χ0) is 9.07. The van der Waals surface area contributed by atoms with Crippen LogP contribution in [0.25, 0.3) is 0 Å². The highest BCUT2D eigenvalue weighted by Crippen LogP contribution is 2.11. The second-order valence-corrected chi connectivity index (χ2v) is 3.98. The molecule has 0 heterocycles. The molecule has 0 unspecified atom stereocenters. The van der Waals surface area contributed by atoms with Gasteiger partial charge in [-0.1, -0.05) is 6.92 Å². The summed E-state index contributed by atoms with van der Waals surface area (Å²) in [4.78, 5) is 11.1. The molecule has 2 nitrogen and oxygen atoms in total. The van der Waals surface area contributed by atoms with E-state index < -0.39 is 0 Å². The number of carbonyl (C=O) groups is 1. The molecule has 66 valence electrons. The average molecular weight is 176 g/mol. The van der Waals surface area contributed by atoms with Gasteiger partial charge in [0.1, 0.15) is 5.60 Å². The molecule has 0 saturated carbocycles. The quantitative estimate of drug-likeness (QED) is 0.513. The van der Waals surface area contributed by atoms with Crippen LogP contribution in [0.4, 0.5) is 0 Å². The number of rotatable bonds is 2. The Hall–Kier alpha value is -0.180. The number of ether oxygens (including phenoxy) is 1. The van der Waals surface area contributed by atoms with E-state index in [1.54, 1.807) is 6.92 Å². The van der Waals surface area contributed by atoms with Crippen LogP contribution in [0, 0.1) is 5.92 Å². The Morgan fingerprint density at radius 2 is 2.00 bits per heavy atom. The Kier molecular flexibility index (Phi) is 3.93. The van der Waals surface area contributed by atoms with Gasteiger partial charge in [0.15, 0.2) is 0 Å². The van der Waals surface area contributed by atoms with Gasteiger partial charge in [0.05, 0.1) is 5.92 Å². The number of hydrogen-bond acceptors (Lipinski definition) is 3. The molecule has 0 aliphatic heterocycles. The van der Waals surface area contributed by atoms with E-state index in [0.717, 1.165) is 0 Å². The van der Waals surface area contributed by atoms with E-state index >= 15 is 0 Å². The summed E-state index contributed by atoms with van der Waals surface area (Å²) in [6, 6.07) is 0. The van der Waals surface area contributed by atoms with Crippen LogP contribution >= 0.6 is 12.6 Å². The first-order valence-electron chi connectivity index (χ1n) is 3.70. The molecule has 0 N–H and O–H groups in total. The van der Waals surface area contributed by atoms with E-state index in [1.807, 2.05) is 20.8 Å². The third kappa shape index (κ3) is 5.13. The maximum atomic E-state index is 11.1. The summed E-state index contributed by atoms with van der Waals surface area (Å²) in [5.74, 6) is 0.250. The normalized spacial score (nSPS) is 14.3. The van der Waals surface area contributed by atoms with Crippen LogP contribution in [0.5, 0.6) is 0 Å². The molecular weight excluding hydrogens is 160 g/mol. The maximum Gasteiger partial charge on any atom is 0.309 e. The molecule has 0 saturated heterocycles. The largest absolute Gasteiger partial charge is 0.460 e. The van der Waals surface area contributed by atoms with E-state index in [9.17, 15) is 4.79 Å². The van der Waals surface area contributed by atoms with Crippen molar-refractivity contribution in [3.8, 4) is 0 Å². The first kappa shape index (κ1) is 10.8. The lowest BCUT2D eigenvalue weighted by molar-refractivity contribution is -0.158. The topological polar surface area (TPSA) is 26.3 Å².